The summed E-state index contributed by atoms with van der Waals surface area (Å²) in [7, 11) is 0. The number of nitrogens with one attached hydrogen (secondary N) is 1. The van der Waals surface area contributed by atoms with E-state index in [-0.39, 0.29) is 11.9 Å². The summed E-state index contributed by atoms with van der Waals surface area (Å²) in [5.41, 5.74) is 0.600. The number of rotatable bonds is 4. The summed E-state index contributed by atoms with van der Waals surface area (Å²) >= 11 is 3.32. The largest absolute Gasteiger partial charge is 0.343 e. The van der Waals surface area contributed by atoms with Crippen molar-refractivity contribution in [2.75, 3.05) is 0 Å². The molecule has 0 amide bonds. The van der Waals surface area contributed by atoms with Crippen LogP contribution in [0.4, 0.5) is 4.39 Å². The van der Waals surface area contributed by atoms with Crippen LogP contribution in [0.2, 0.25) is 0 Å². The van der Waals surface area contributed by atoms with E-state index in [1.54, 1.807) is 12.1 Å². The van der Waals surface area contributed by atoms with Crippen LogP contribution in [0.3, 0.4) is 0 Å². The molecule has 17 heavy (non-hydrogen) atoms. The predicted molar refractivity (Wildman–Crippen MR) is 63.7 cm³/mol. The van der Waals surface area contributed by atoms with Crippen LogP contribution in [0, 0.1) is 5.82 Å². The number of hydrogen-bond donors (Lipinski definition) is 1. The lowest BCUT2D eigenvalue weighted by Crippen LogP contribution is -2.19. The maximum Gasteiger partial charge on any atom is 0.213 e. The Morgan fingerprint density at radius 3 is 3.06 bits per heavy atom. The first kappa shape index (κ1) is 12.2. The van der Waals surface area contributed by atoms with E-state index in [1.807, 2.05) is 6.92 Å². The second-order valence-electron chi connectivity index (χ2n) is 3.62. The maximum absolute atomic E-state index is 13.6. The molecule has 0 radical (unpaired) electrons. The van der Waals surface area contributed by atoms with Crippen LogP contribution in [0.1, 0.15) is 24.4 Å². The molecule has 1 atom stereocenters. The Labute approximate surface area is 106 Å². The molecule has 90 valence electrons. The molecule has 0 aliphatic carbocycles. The van der Waals surface area contributed by atoms with Gasteiger partial charge in [0.2, 0.25) is 6.39 Å². The fraction of sp³-hybridized carbons (Fsp3) is 0.273. The number of nitrogens with zero attached hydrogens (tertiary/aromatic N) is 2. The van der Waals surface area contributed by atoms with E-state index in [4.69, 9.17) is 0 Å². The van der Waals surface area contributed by atoms with Gasteiger partial charge in [0.15, 0.2) is 5.82 Å². The average Bonchev–Trinajstić information content (AvgIpc) is 2.82. The number of aromatic nitrogens is 2. The Morgan fingerprint density at radius 2 is 2.35 bits per heavy atom. The first-order valence-electron chi connectivity index (χ1n) is 5.10. The molecule has 0 aliphatic heterocycles. The summed E-state index contributed by atoms with van der Waals surface area (Å²) in [5.74, 6) is 0.313. The van der Waals surface area contributed by atoms with Crippen molar-refractivity contribution in [2.24, 2.45) is 0 Å². The molecule has 6 heteroatoms. The first-order chi connectivity index (χ1) is 8.16. The van der Waals surface area contributed by atoms with Gasteiger partial charge in [-0.3, -0.25) is 0 Å². The van der Waals surface area contributed by atoms with Gasteiger partial charge in [0.05, 0.1) is 6.54 Å². The molecule has 1 unspecified atom stereocenters. The van der Waals surface area contributed by atoms with Crippen LogP contribution in [-0.2, 0) is 6.54 Å². The highest BCUT2D eigenvalue weighted by Crippen LogP contribution is 2.21. The molecule has 1 aromatic heterocycles. The van der Waals surface area contributed by atoms with E-state index in [0.29, 0.717) is 17.9 Å². The molecule has 1 aromatic carbocycles. The van der Waals surface area contributed by atoms with E-state index in [9.17, 15) is 4.39 Å². The van der Waals surface area contributed by atoms with E-state index < -0.39 is 0 Å². The van der Waals surface area contributed by atoms with Crippen LogP contribution < -0.4 is 5.32 Å². The average molecular weight is 300 g/mol. The van der Waals surface area contributed by atoms with Crippen molar-refractivity contribution >= 4 is 15.9 Å². The zero-order valence-electron chi connectivity index (χ0n) is 9.15. The lowest BCUT2D eigenvalue weighted by molar-refractivity contribution is 0.404. The van der Waals surface area contributed by atoms with E-state index >= 15 is 0 Å². The summed E-state index contributed by atoms with van der Waals surface area (Å²) in [6, 6.07) is 4.73. The maximum atomic E-state index is 13.6. The van der Waals surface area contributed by atoms with E-state index in [2.05, 4.69) is 35.9 Å². The van der Waals surface area contributed by atoms with Crippen molar-refractivity contribution in [1.82, 2.24) is 15.5 Å². The summed E-state index contributed by atoms with van der Waals surface area (Å²) in [5, 5.41) is 6.79. The lowest BCUT2D eigenvalue weighted by Gasteiger charge is -2.14. The molecule has 0 bridgehead atoms. The fourth-order valence-electron chi connectivity index (χ4n) is 1.47. The number of benzene rings is 1. The minimum atomic E-state index is -0.235. The molecule has 0 saturated heterocycles. The van der Waals surface area contributed by atoms with Crippen molar-refractivity contribution in [3.05, 3.63) is 46.3 Å². The molecule has 4 nitrogen and oxygen atoms in total. The van der Waals surface area contributed by atoms with E-state index in [1.165, 1.54) is 12.5 Å². The molecule has 0 aliphatic rings. The second kappa shape index (κ2) is 5.37. The van der Waals surface area contributed by atoms with Gasteiger partial charge in [0.1, 0.15) is 5.82 Å². The third-order valence-electron chi connectivity index (χ3n) is 2.40. The number of halogens is 2. The van der Waals surface area contributed by atoms with Crippen LogP contribution >= 0.6 is 15.9 Å². The van der Waals surface area contributed by atoms with Crippen LogP contribution in [0.25, 0.3) is 0 Å². The third-order valence-corrected chi connectivity index (χ3v) is 2.89. The zero-order valence-corrected chi connectivity index (χ0v) is 10.7. The Morgan fingerprint density at radius 1 is 1.53 bits per heavy atom. The Kier molecular flexibility index (Phi) is 3.86. The molecule has 1 N–H and O–H groups in total. The molecule has 2 aromatic rings. The molecular weight excluding hydrogens is 289 g/mol. The Balaban J connectivity index is 2.04. The topological polar surface area (TPSA) is 51.0 Å². The van der Waals surface area contributed by atoms with Crippen LogP contribution in [-0.4, -0.2) is 10.1 Å². The molecule has 1 heterocycles. The molecule has 0 spiro atoms. The van der Waals surface area contributed by atoms with Crippen molar-refractivity contribution in [3.63, 3.8) is 0 Å². The van der Waals surface area contributed by atoms with Gasteiger partial charge in [-0.15, -0.1) is 0 Å². The summed E-state index contributed by atoms with van der Waals surface area (Å²) in [6.07, 6.45) is 1.27. The van der Waals surface area contributed by atoms with Gasteiger partial charge in [-0.25, -0.2) is 4.39 Å². The van der Waals surface area contributed by atoms with Crippen molar-refractivity contribution < 1.29 is 8.91 Å². The van der Waals surface area contributed by atoms with Gasteiger partial charge in [0, 0.05) is 16.1 Å². The van der Waals surface area contributed by atoms with Crippen molar-refractivity contribution in [2.45, 2.75) is 19.5 Å². The van der Waals surface area contributed by atoms with Gasteiger partial charge in [0.25, 0.3) is 0 Å². The van der Waals surface area contributed by atoms with Crippen LogP contribution in [0.15, 0.2) is 33.6 Å². The molecular formula is C11H11BrFN3O. The number of hydrogen-bond acceptors (Lipinski definition) is 4. The SMILES string of the molecule is CC(NCc1ncon1)c1cc(Br)ccc1F. The van der Waals surface area contributed by atoms with Crippen LogP contribution in [0.5, 0.6) is 0 Å². The van der Waals surface area contributed by atoms with Gasteiger partial charge in [-0.1, -0.05) is 21.1 Å². The molecule has 0 saturated carbocycles. The van der Waals surface area contributed by atoms with E-state index in [0.717, 1.165) is 4.47 Å². The predicted octanol–water partition coefficient (Wildman–Crippen LogP) is 2.82. The first-order valence-corrected chi connectivity index (χ1v) is 5.89. The van der Waals surface area contributed by atoms with Crippen molar-refractivity contribution in [1.29, 1.82) is 0 Å². The van der Waals surface area contributed by atoms with Gasteiger partial charge >= 0.3 is 0 Å². The van der Waals surface area contributed by atoms with Gasteiger partial charge < -0.3 is 9.84 Å². The standard InChI is InChI=1S/C11H11BrFN3O/c1-7(14-5-11-15-6-17-16-11)9-4-8(12)2-3-10(9)13/h2-4,6-7,14H,5H2,1H3. The van der Waals surface area contributed by atoms with Crippen molar-refractivity contribution in [3.8, 4) is 0 Å². The minimum absolute atomic E-state index is 0.133. The van der Waals surface area contributed by atoms with Gasteiger partial charge in [-0.05, 0) is 25.1 Å². The molecule has 0 fully saturated rings. The summed E-state index contributed by atoms with van der Waals surface area (Å²) < 4.78 is 19.0. The Hall–Kier alpha value is -1.27. The highest BCUT2D eigenvalue weighted by Gasteiger charge is 2.11. The second-order valence-corrected chi connectivity index (χ2v) is 4.53. The fourth-order valence-corrected chi connectivity index (χ4v) is 1.85. The normalized spacial score (nSPS) is 12.6. The molecule has 2 rings (SSSR count). The summed E-state index contributed by atoms with van der Waals surface area (Å²) in [6.45, 7) is 2.31. The van der Waals surface area contributed by atoms with Gasteiger partial charge in [-0.2, -0.15) is 4.98 Å². The highest BCUT2D eigenvalue weighted by atomic mass is 79.9. The quantitative estimate of drug-likeness (QED) is 0.943. The monoisotopic (exact) mass is 299 g/mol. The highest BCUT2D eigenvalue weighted by molar-refractivity contribution is 9.10. The smallest absolute Gasteiger partial charge is 0.213 e. The summed E-state index contributed by atoms with van der Waals surface area (Å²) in [4.78, 5) is 3.88. The third kappa shape index (κ3) is 3.10. The zero-order chi connectivity index (χ0) is 12.3. The Bertz CT molecular complexity index is 489. The lowest BCUT2D eigenvalue weighted by atomic mass is 10.1. The minimum Gasteiger partial charge on any atom is -0.343 e.